The van der Waals surface area contributed by atoms with Crippen LogP contribution >= 0.6 is 11.8 Å². The molecule has 2 N–H and O–H groups in total. The van der Waals surface area contributed by atoms with E-state index in [2.05, 4.69) is 27.4 Å². The maximum absolute atomic E-state index is 12.2. The molecule has 23 heavy (non-hydrogen) atoms. The van der Waals surface area contributed by atoms with Crippen LogP contribution in [-0.2, 0) is 11.2 Å². The first-order valence-electron chi connectivity index (χ1n) is 7.49. The lowest BCUT2D eigenvalue weighted by Crippen LogP contribution is -2.22. The average Bonchev–Trinajstić information content (AvgIpc) is 2.95. The molecule has 0 aliphatic rings. The van der Waals surface area contributed by atoms with Crippen molar-refractivity contribution in [2.75, 3.05) is 5.32 Å². The summed E-state index contributed by atoms with van der Waals surface area (Å²) >= 11 is 1.31. The van der Waals surface area contributed by atoms with Gasteiger partial charge in [-0.1, -0.05) is 18.7 Å². The van der Waals surface area contributed by atoms with Gasteiger partial charge in [0.05, 0.1) is 5.25 Å². The Hall–Kier alpha value is -2.15. The number of carbonyl (C=O) groups is 2. The molecule has 0 saturated heterocycles. The van der Waals surface area contributed by atoms with Gasteiger partial charge in [0.1, 0.15) is 5.82 Å². The van der Waals surface area contributed by atoms with Crippen molar-refractivity contribution in [1.29, 1.82) is 0 Å². The van der Waals surface area contributed by atoms with Crippen LogP contribution in [0, 0.1) is 0 Å². The number of carbonyl (C=O) groups excluding carboxylic acids is 2. The highest BCUT2D eigenvalue weighted by molar-refractivity contribution is 8.00. The van der Waals surface area contributed by atoms with Crippen molar-refractivity contribution in [1.82, 2.24) is 15.2 Å². The number of nitrogens with one attached hydrogen (secondary N) is 2. The summed E-state index contributed by atoms with van der Waals surface area (Å²) in [6.07, 6.45) is 1.84. The van der Waals surface area contributed by atoms with Gasteiger partial charge < -0.3 is 5.32 Å². The van der Waals surface area contributed by atoms with E-state index in [0.29, 0.717) is 16.4 Å². The fourth-order valence-corrected chi connectivity index (χ4v) is 2.67. The van der Waals surface area contributed by atoms with E-state index in [1.54, 1.807) is 31.2 Å². The Balaban J connectivity index is 1.92. The van der Waals surface area contributed by atoms with Gasteiger partial charge in [0.25, 0.3) is 0 Å². The maximum Gasteiger partial charge on any atom is 0.237 e. The van der Waals surface area contributed by atoms with Crippen LogP contribution < -0.4 is 5.32 Å². The molecule has 1 aromatic carbocycles. The lowest BCUT2D eigenvalue weighted by Gasteiger charge is -2.10. The van der Waals surface area contributed by atoms with Crippen molar-refractivity contribution in [3.8, 4) is 0 Å². The molecule has 1 atom stereocenters. The summed E-state index contributed by atoms with van der Waals surface area (Å²) in [6, 6.07) is 6.83. The Morgan fingerprint density at radius 2 is 2.00 bits per heavy atom. The molecule has 0 aliphatic heterocycles. The van der Waals surface area contributed by atoms with Gasteiger partial charge in [0.2, 0.25) is 11.1 Å². The second kappa shape index (κ2) is 7.92. The topological polar surface area (TPSA) is 87.7 Å². The van der Waals surface area contributed by atoms with Crippen molar-refractivity contribution in [2.24, 2.45) is 0 Å². The molecule has 2 aromatic rings. The number of nitrogens with zero attached hydrogens (tertiary/aromatic N) is 2. The second-order valence-electron chi connectivity index (χ2n) is 5.20. The van der Waals surface area contributed by atoms with E-state index in [1.807, 2.05) is 0 Å². The van der Waals surface area contributed by atoms with Gasteiger partial charge >= 0.3 is 0 Å². The number of H-pyrrole nitrogens is 1. The number of Topliss-reactive ketones (excluding diaryl/α,β-unsaturated/α-hetero) is 1. The fourth-order valence-electron chi connectivity index (χ4n) is 1.92. The lowest BCUT2D eigenvalue weighted by atomic mass is 10.1. The first-order chi connectivity index (χ1) is 11.0. The zero-order valence-corrected chi connectivity index (χ0v) is 14.2. The normalized spacial score (nSPS) is 12.0. The van der Waals surface area contributed by atoms with E-state index in [0.717, 1.165) is 18.7 Å². The first kappa shape index (κ1) is 17.2. The first-order valence-corrected chi connectivity index (χ1v) is 8.37. The molecule has 1 aromatic heterocycles. The number of aryl methyl sites for hydroxylation is 1. The third kappa shape index (κ3) is 4.92. The molecule has 0 bridgehead atoms. The van der Waals surface area contributed by atoms with Gasteiger partial charge in [-0.2, -0.15) is 0 Å². The summed E-state index contributed by atoms with van der Waals surface area (Å²) in [4.78, 5) is 27.8. The Bertz CT molecular complexity index is 682. The smallest absolute Gasteiger partial charge is 0.237 e. The lowest BCUT2D eigenvalue weighted by molar-refractivity contribution is -0.115. The van der Waals surface area contributed by atoms with Crippen molar-refractivity contribution in [3.63, 3.8) is 0 Å². The summed E-state index contributed by atoms with van der Waals surface area (Å²) in [5.41, 5.74) is 1.28. The Morgan fingerprint density at radius 1 is 1.30 bits per heavy atom. The number of aromatic nitrogens is 3. The third-order valence-corrected chi connectivity index (χ3v) is 4.17. The zero-order valence-electron chi connectivity index (χ0n) is 13.4. The summed E-state index contributed by atoms with van der Waals surface area (Å²) in [6.45, 7) is 5.39. The van der Waals surface area contributed by atoms with E-state index in [-0.39, 0.29) is 16.9 Å². The molecule has 1 heterocycles. The Morgan fingerprint density at radius 3 is 2.61 bits per heavy atom. The van der Waals surface area contributed by atoms with Crippen LogP contribution in [0.1, 0.15) is 43.4 Å². The number of benzene rings is 1. The molecule has 122 valence electrons. The molecule has 6 nitrogen and oxygen atoms in total. The number of hydrogen-bond acceptors (Lipinski definition) is 5. The minimum atomic E-state index is -0.326. The number of anilines is 1. The number of amides is 1. The van der Waals surface area contributed by atoms with Gasteiger partial charge in [0.15, 0.2) is 5.78 Å². The van der Waals surface area contributed by atoms with Crippen LogP contribution in [0.5, 0.6) is 0 Å². The number of aromatic amines is 1. The largest absolute Gasteiger partial charge is 0.325 e. The van der Waals surface area contributed by atoms with Crippen LogP contribution in [0.3, 0.4) is 0 Å². The summed E-state index contributed by atoms with van der Waals surface area (Å²) in [7, 11) is 0. The minimum Gasteiger partial charge on any atom is -0.325 e. The minimum absolute atomic E-state index is 0.000657. The molecule has 1 unspecified atom stereocenters. The van der Waals surface area contributed by atoms with Crippen LogP contribution in [0.25, 0.3) is 0 Å². The number of hydrogen-bond donors (Lipinski definition) is 2. The zero-order chi connectivity index (χ0) is 16.8. The molecular weight excluding hydrogens is 312 g/mol. The van der Waals surface area contributed by atoms with Gasteiger partial charge in [-0.25, -0.2) is 4.98 Å². The van der Waals surface area contributed by atoms with E-state index in [4.69, 9.17) is 0 Å². The highest BCUT2D eigenvalue weighted by Gasteiger charge is 2.17. The van der Waals surface area contributed by atoms with Crippen molar-refractivity contribution in [3.05, 3.63) is 35.7 Å². The highest BCUT2D eigenvalue weighted by atomic mass is 32.2. The molecule has 2 rings (SSSR count). The second-order valence-corrected chi connectivity index (χ2v) is 6.51. The number of thioether (sulfide) groups is 1. The van der Waals surface area contributed by atoms with Gasteiger partial charge in [-0.15, -0.1) is 5.10 Å². The molecular formula is C16H20N4O2S. The predicted molar refractivity (Wildman–Crippen MR) is 90.8 cm³/mol. The third-order valence-electron chi connectivity index (χ3n) is 3.21. The standard InChI is InChI=1S/C16H20N4O2S/c1-4-5-14-18-16(20-19-14)23-11(3)15(22)17-13-8-6-12(7-9-13)10(2)21/h6-9,11H,4-5H2,1-3H3,(H,17,22)(H,18,19,20). The van der Waals surface area contributed by atoms with Gasteiger partial charge in [0, 0.05) is 17.7 Å². The van der Waals surface area contributed by atoms with Crippen molar-refractivity contribution >= 4 is 29.1 Å². The molecule has 0 radical (unpaired) electrons. The molecule has 0 saturated carbocycles. The Kier molecular flexibility index (Phi) is 5.92. The highest BCUT2D eigenvalue weighted by Crippen LogP contribution is 2.21. The SMILES string of the molecule is CCCc1nc(SC(C)C(=O)Nc2ccc(C(C)=O)cc2)n[nH]1. The van der Waals surface area contributed by atoms with E-state index in [1.165, 1.54) is 18.7 Å². The van der Waals surface area contributed by atoms with E-state index >= 15 is 0 Å². The summed E-state index contributed by atoms with van der Waals surface area (Å²) in [5.74, 6) is 0.703. The van der Waals surface area contributed by atoms with Crippen molar-refractivity contribution in [2.45, 2.75) is 44.0 Å². The van der Waals surface area contributed by atoms with Crippen LogP contribution in [0.15, 0.2) is 29.4 Å². The van der Waals surface area contributed by atoms with Crippen molar-refractivity contribution < 1.29 is 9.59 Å². The maximum atomic E-state index is 12.2. The van der Waals surface area contributed by atoms with Gasteiger partial charge in [-0.05, 0) is 44.5 Å². The Labute approximate surface area is 139 Å². The molecule has 0 spiro atoms. The van der Waals surface area contributed by atoms with E-state index < -0.39 is 0 Å². The molecule has 0 aliphatic carbocycles. The summed E-state index contributed by atoms with van der Waals surface area (Å²) in [5, 5.41) is 10.0. The monoisotopic (exact) mass is 332 g/mol. The molecule has 1 amide bonds. The fraction of sp³-hybridized carbons (Fsp3) is 0.375. The molecule has 7 heteroatoms. The number of rotatable bonds is 7. The van der Waals surface area contributed by atoms with Crippen LogP contribution in [0.4, 0.5) is 5.69 Å². The van der Waals surface area contributed by atoms with E-state index in [9.17, 15) is 9.59 Å². The van der Waals surface area contributed by atoms with Gasteiger partial charge in [-0.3, -0.25) is 14.7 Å². The average molecular weight is 332 g/mol. The summed E-state index contributed by atoms with van der Waals surface area (Å²) < 4.78 is 0. The predicted octanol–water partition coefficient (Wildman–Crippen LogP) is 3.08. The number of ketones is 1. The quantitative estimate of drug-likeness (QED) is 0.601. The molecule has 0 fully saturated rings. The van der Waals surface area contributed by atoms with Crippen LogP contribution in [0.2, 0.25) is 0 Å². The van der Waals surface area contributed by atoms with Crippen LogP contribution in [-0.4, -0.2) is 32.1 Å².